The molecule has 2 heteroatoms. The molecule has 0 atom stereocenters. The van der Waals surface area contributed by atoms with Gasteiger partial charge in [0, 0.05) is 5.56 Å². The highest BCUT2D eigenvalue weighted by atomic mass is 16.5. The fourth-order valence-corrected chi connectivity index (χ4v) is 1.19. The van der Waals surface area contributed by atoms with Crippen LogP contribution in [0.3, 0.4) is 0 Å². The van der Waals surface area contributed by atoms with Crippen molar-refractivity contribution < 1.29 is 9.84 Å². The summed E-state index contributed by atoms with van der Waals surface area (Å²) >= 11 is 0. The molecule has 1 N–H and O–H groups in total. The van der Waals surface area contributed by atoms with Gasteiger partial charge in [-0.2, -0.15) is 0 Å². The maximum absolute atomic E-state index is 8.94. The highest BCUT2D eigenvalue weighted by molar-refractivity contribution is 5.59. The van der Waals surface area contributed by atoms with Gasteiger partial charge in [-0.05, 0) is 18.6 Å². The average molecular weight is 204 g/mol. The smallest absolute Gasteiger partial charge is 0.126 e. The molecule has 0 heterocycles. The molecule has 1 aromatic rings. The number of ether oxygens (including phenoxy) is 1. The van der Waals surface area contributed by atoms with Gasteiger partial charge in [-0.25, -0.2) is 0 Å². The Morgan fingerprint density at radius 1 is 1.47 bits per heavy atom. The van der Waals surface area contributed by atoms with Crippen molar-refractivity contribution in [3.63, 3.8) is 0 Å². The lowest BCUT2D eigenvalue weighted by Crippen LogP contribution is -1.95. The number of hydrogen-bond donors (Lipinski definition) is 1. The van der Waals surface area contributed by atoms with Gasteiger partial charge in [0.1, 0.15) is 12.4 Å². The van der Waals surface area contributed by atoms with Crippen LogP contribution in [-0.4, -0.2) is 18.3 Å². The normalized spacial score (nSPS) is 11.2. The van der Waals surface area contributed by atoms with Crippen LogP contribution in [0.2, 0.25) is 0 Å². The van der Waals surface area contributed by atoms with Crippen LogP contribution < -0.4 is 4.74 Å². The summed E-state index contributed by atoms with van der Waals surface area (Å²) in [5.74, 6) is 0.810. The summed E-state index contributed by atoms with van der Waals surface area (Å²) in [7, 11) is 0. The van der Waals surface area contributed by atoms with Crippen molar-refractivity contribution in [2.24, 2.45) is 0 Å². The minimum absolute atomic E-state index is 0.0653. The molecule has 1 rings (SSSR count). The van der Waals surface area contributed by atoms with Gasteiger partial charge in [-0.3, -0.25) is 0 Å². The molecule has 0 aromatic heterocycles. The number of rotatable bonds is 5. The van der Waals surface area contributed by atoms with Crippen molar-refractivity contribution in [2.45, 2.75) is 6.92 Å². The van der Waals surface area contributed by atoms with Gasteiger partial charge in [-0.1, -0.05) is 36.9 Å². The molecule has 1 aromatic carbocycles. The summed E-state index contributed by atoms with van der Waals surface area (Å²) in [5.41, 5.74) is 1.88. The largest absolute Gasteiger partial charge is 0.489 e. The average Bonchev–Trinajstić information content (AvgIpc) is 2.28. The monoisotopic (exact) mass is 204 g/mol. The minimum atomic E-state index is 0.0653. The van der Waals surface area contributed by atoms with Gasteiger partial charge in [0.15, 0.2) is 0 Å². The van der Waals surface area contributed by atoms with E-state index in [0.717, 1.165) is 16.9 Å². The van der Waals surface area contributed by atoms with E-state index in [1.165, 1.54) is 0 Å². The fourth-order valence-electron chi connectivity index (χ4n) is 1.19. The van der Waals surface area contributed by atoms with E-state index in [9.17, 15) is 0 Å². The van der Waals surface area contributed by atoms with Crippen molar-refractivity contribution in [3.05, 3.63) is 48.1 Å². The molecule has 0 radical (unpaired) electrons. The first kappa shape index (κ1) is 11.5. The summed E-state index contributed by atoms with van der Waals surface area (Å²) in [4.78, 5) is 0. The second kappa shape index (κ2) is 6.04. The van der Waals surface area contributed by atoms with Crippen LogP contribution in [0.4, 0.5) is 0 Å². The van der Waals surface area contributed by atoms with Crippen molar-refractivity contribution in [3.8, 4) is 5.75 Å². The van der Waals surface area contributed by atoms with Gasteiger partial charge < -0.3 is 9.84 Å². The lowest BCUT2D eigenvalue weighted by molar-refractivity contribution is 0.332. The quantitative estimate of drug-likeness (QED) is 0.747. The van der Waals surface area contributed by atoms with Crippen molar-refractivity contribution in [1.82, 2.24) is 0 Å². The van der Waals surface area contributed by atoms with Crippen molar-refractivity contribution in [2.75, 3.05) is 13.2 Å². The molecule has 0 saturated heterocycles. The third kappa shape index (κ3) is 3.60. The first-order chi connectivity index (χ1) is 7.27. The van der Waals surface area contributed by atoms with Crippen LogP contribution in [0.5, 0.6) is 5.75 Å². The van der Waals surface area contributed by atoms with Gasteiger partial charge in [0.2, 0.25) is 0 Å². The Labute approximate surface area is 90.5 Å². The van der Waals surface area contributed by atoms with E-state index in [1.807, 2.05) is 37.3 Å². The lowest BCUT2D eigenvalue weighted by Gasteiger charge is -2.07. The number of para-hydroxylation sites is 1. The highest BCUT2D eigenvalue weighted by Gasteiger charge is 1.99. The Morgan fingerprint density at radius 3 is 2.87 bits per heavy atom. The molecule has 80 valence electrons. The van der Waals surface area contributed by atoms with Crippen LogP contribution in [0.15, 0.2) is 42.5 Å². The molecule has 15 heavy (non-hydrogen) atoms. The Hall–Kier alpha value is -1.54. The third-order valence-corrected chi connectivity index (χ3v) is 1.93. The van der Waals surface area contributed by atoms with E-state index in [-0.39, 0.29) is 6.61 Å². The molecule has 0 saturated carbocycles. The predicted molar refractivity (Wildman–Crippen MR) is 62.9 cm³/mol. The van der Waals surface area contributed by atoms with Crippen LogP contribution >= 0.6 is 0 Å². The predicted octanol–water partition coefficient (Wildman–Crippen LogP) is 2.65. The molecule has 0 unspecified atom stereocenters. The minimum Gasteiger partial charge on any atom is -0.489 e. The first-order valence-electron chi connectivity index (χ1n) is 4.88. The zero-order chi connectivity index (χ0) is 11.1. The first-order valence-corrected chi connectivity index (χ1v) is 4.88. The Balaban J connectivity index is 2.90. The summed E-state index contributed by atoms with van der Waals surface area (Å²) in [5, 5.41) is 8.94. The Kier molecular flexibility index (Phi) is 4.64. The fraction of sp³-hybridized carbons (Fsp3) is 0.231. The molecular formula is C13H16O2. The maximum atomic E-state index is 8.94. The van der Waals surface area contributed by atoms with Crippen LogP contribution in [0, 0.1) is 0 Å². The second-order valence-corrected chi connectivity index (χ2v) is 3.29. The molecule has 0 spiro atoms. The SMILES string of the molecule is C=CCOc1ccccc1C=C(C)CO. The Morgan fingerprint density at radius 2 is 2.20 bits per heavy atom. The lowest BCUT2D eigenvalue weighted by atomic mass is 10.1. The van der Waals surface area contributed by atoms with E-state index in [1.54, 1.807) is 6.08 Å². The van der Waals surface area contributed by atoms with Crippen molar-refractivity contribution >= 4 is 6.08 Å². The van der Waals surface area contributed by atoms with E-state index in [4.69, 9.17) is 9.84 Å². The van der Waals surface area contributed by atoms with Crippen LogP contribution in [0.25, 0.3) is 6.08 Å². The molecule has 0 fully saturated rings. The van der Waals surface area contributed by atoms with Gasteiger partial charge in [0.25, 0.3) is 0 Å². The molecule has 0 aliphatic carbocycles. The van der Waals surface area contributed by atoms with E-state index in [0.29, 0.717) is 6.61 Å². The number of benzene rings is 1. The van der Waals surface area contributed by atoms with E-state index in [2.05, 4.69) is 6.58 Å². The van der Waals surface area contributed by atoms with Crippen LogP contribution in [0.1, 0.15) is 12.5 Å². The zero-order valence-corrected chi connectivity index (χ0v) is 8.94. The number of aliphatic hydroxyl groups is 1. The number of hydrogen-bond acceptors (Lipinski definition) is 2. The summed E-state index contributed by atoms with van der Waals surface area (Å²) in [6, 6.07) is 7.72. The van der Waals surface area contributed by atoms with E-state index >= 15 is 0 Å². The van der Waals surface area contributed by atoms with Gasteiger partial charge in [-0.15, -0.1) is 0 Å². The summed E-state index contributed by atoms with van der Waals surface area (Å²) < 4.78 is 5.49. The third-order valence-electron chi connectivity index (χ3n) is 1.93. The van der Waals surface area contributed by atoms with Gasteiger partial charge >= 0.3 is 0 Å². The van der Waals surface area contributed by atoms with Crippen LogP contribution in [-0.2, 0) is 0 Å². The molecule has 0 amide bonds. The summed E-state index contributed by atoms with van der Waals surface area (Å²) in [6.45, 7) is 6.04. The highest BCUT2D eigenvalue weighted by Crippen LogP contribution is 2.20. The molecule has 0 aliphatic rings. The zero-order valence-electron chi connectivity index (χ0n) is 8.94. The van der Waals surface area contributed by atoms with E-state index < -0.39 is 0 Å². The topological polar surface area (TPSA) is 29.5 Å². The standard InChI is InChI=1S/C13H16O2/c1-3-8-15-13-7-5-4-6-12(13)9-11(2)10-14/h3-7,9,14H,1,8,10H2,2H3. The molecule has 0 aliphatic heterocycles. The number of aliphatic hydroxyl groups excluding tert-OH is 1. The second-order valence-electron chi connectivity index (χ2n) is 3.29. The summed E-state index contributed by atoms with van der Waals surface area (Å²) in [6.07, 6.45) is 3.62. The maximum Gasteiger partial charge on any atom is 0.126 e. The van der Waals surface area contributed by atoms with Crippen molar-refractivity contribution in [1.29, 1.82) is 0 Å². The molecular weight excluding hydrogens is 188 g/mol. The molecule has 2 nitrogen and oxygen atoms in total. The molecule has 0 bridgehead atoms. The van der Waals surface area contributed by atoms with Gasteiger partial charge in [0.05, 0.1) is 6.61 Å². The Bertz CT molecular complexity index is 353.